The molecule has 3 amide bonds. The second-order valence-electron chi connectivity index (χ2n) is 9.13. The van der Waals surface area contributed by atoms with Crippen molar-refractivity contribution >= 4 is 11.9 Å². The summed E-state index contributed by atoms with van der Waals surface area (Å²) in [6, 6.07) is 1.79. The lowest BCUT2D eigenvalue weighted by Gasteiger charge is -2.24. The molecule has 2 heterocycles. The molecular formula is C20H34N4O3. The number of hydrogen-bond donors (Lipinski definition) is 2. The van der Waals surface area contributed by atoms with Crippen molar-refractivity contribution in [3.8, 4) is 0 Å². The van der Waals surface area contributed by atoms with E-state index >= 15 is 0 Å². The molecule has 1 aliphatic rings. The minimum atomic E-state index is -0.552. The van der Waals surface area contributed by atoms with Crippen LogP contribution < -0.4 is 11.1 Å². The second kappa shape index (κ2) is 7.92. The summed E-state index contributed by atoms with van der Waals surface area (Å²) < 4.78 is 5.77. The number of urea groups is 1. The highest BCUT2D eigenvalue weighted by molar-refractivity contribution is 5.90. The van der Waals surface area contributed by atoms with E-state index in [1.165, 1.54) is 0 Å². The Labute approximate surface area is 162 Å². The number of hydrogen-bond acceptors (Lipinski definition) is 4. The lowest BCUT2D eigenvalue weighted by molar-refractivity contribution is 0.0970. The number of nitrogens with one attached hydrogen (secondary N) is 1. The third kappa shape index (κ3) is 5.03. The quantitative estimate of drug-likeness (QED) is 0.823. The van der Waals surface area contributed by atoms with Crippen molar-refractivity contribution in [1.29, 1.82) is 0 Å². The highest BCUT2D eigenvalue weighted by atomic mass is 16.4. The Morgan fingerprint density at radius 1 is 1.33 bits per heavy atom. The second-order valence-corrected chi connectivity index (χ2v) is 9.13. The van der Waals surface area contributed by atoms with E-state index in [4.69, 9.17) is 10.2 Å². The Hall–Kier alpha value is -2.02. The molecule has 1 aliphatic heterocycles. The molecule has 0 radical (unpaired) electrons. The van der Waals surface area contributed by atoms with Crippen molar-refractivity contribution in [3.63, 3.8) is 0 Å². The van der Waals surface area contributed by atoms with Crippen molar-refractivity contribution in [2.24, 2.45) is 17.6 Å². The predicted octanol–water partition coefficient (Wildman–Crippen LogP) is 2.40. The summed E-state index contributed by atoms with van der Waals surface area (Å²) in [4.78, 5) is 27.6. The average molecular weight is 379 g/mol. The Kier molecular flexibility index (Phi) is 6.24. The summed E-state index contributed by atoms with van der Waals surface area (Å²) in [5, 5.41) is 3.14. The van der Waals surface area contributed by atoms with Crippen molar-refractivity contribution in [1.82, 2.24) is 15.1 Å². The lowest BCUT2D eigenvalue weighted by atomic mass is 9.90. The molecule has 3 N–H and O–H groups in total. The van der Waals surface area contributed by atoms with Crippen LogP contribution in [-0.4, -0.2) is 55.0 Å². The van der Waals surface area contributed by atoms with Crippen LogP contribution >= 0.6 is 0 Å². The first-order valence-electron chi connectivity index (χ1n) is 9.53. The van der Waals surface area contributed by atoms with Gasteiger partial charge in [0, 0.05) is 50.7 Å². The highest BCUT2D eigenvalue weighted by Gasteiger charge is 2.37. The van der Waals surface area contributed by atoms with Crippen LogP contribution in [0.4, 0.5) is 4.79 Å². The fraction of sp³-hybridized carbons (Fsp3) is 0.700. The first kappa shape index (κ1) is 21.3. The van der Waals surface area contributed by atoms with Gasteiger partial charge in [0.15, 0.2) is 5.76 Å². The van der Waals surface area contributed by atoms with Crippen LogP contribution in [0.15, 0.2) is 10.5 Å². The van der Waals surface area contributed by atoms with E-state index in [2.05, 4.69) is 44.8 Å². The van der Waals surface area contributed by atoms with Crippen LogP contribution in [0.25, 0.3) is 0 Å². The first-order valence-corrected chi connectivity index (χ1v) is 9.53. The predicted molar refractivity (Wildman–Crippen MR) is 106 cm³/mol. The topological polar surface area (TPSA) is 91.8 Å². The summed E-state index contributed by atoms with van der Waals surface area (Å²) in [7, 11) is 3.50. The molecule has 7 nitrogen and oxygen atoms in total. The minimum absolute atomic E-state index is 0.0674. The van der Waals surface area contributed by atoms with E-state index in [1.54, 1.807) is 25.1 Å². The molecule has 0 aromatic carbocycles. The van der Waals surface area contributed by atoms with Gasteiger partial charge in [-0.15, -0.1) is 0 Å². The van der Waals surface area contributed by atoms with E-state index in [0.29, 0.717) is 18.4 Å². The van der Waals surface area contributed by atoms with Crippen LogP contribution in [0.1, 0.15) is 56.5 Å². The number of nitrogens with zero attached hydrogens (tertiary/aromatic N) is 2. The van der Waals surface area contributed by atoms with Crippen LogP contribution in [-0.2, 0) is 12.0 Å². The van der Waals surface area contributed by atoms with E-state index in [-0.39, 0.29) is 23.2 Å². The van der Waals surface area contributed by atoms with Gasteiger partial charge in [-0.1, -0.05) is 34.6 Å². The maximum atomic E-state index is 12.1. The van der Waals surface area contributed by atoms with Crippen LogP contribution in [0, 0.1) is 11.8 Å². The smallest absolute Gasteiger partial charge is 0.317 e. The van der Waals surface area contributed by atoms with Gasteiger partial charge in [0.2, 0.25) is 0 Å². The van der Waals surface area contributed by atoms with Crippen molar-refractivity contribution in [2.45, 2.75) is 52.6 Å². The minimum Gasteiger partial charge on any atom is -0.455 e. The van der Waals surface area contributed by atoms with Crippen molar-refractivity contribution in [2.75, 3.05) is 27.2 Å². The molecule has 1 aromatic rings. The van der Waals surface area contributed by atoms with Crippen LogP contribution in [0.3, 0.4) is 0 Å². The normalized spacial score (nSPS) is 20.9. The molecule has 0 bridgehead atoms. The largest absolute Gasteiger partial charge is 0.455 e. The molecule has 0 aliphatic carbocycles. The summed E-state index contributed by atoms with van der Waals surface area (Å²) >= 11 is 0. The van der Waals surface area contributed by atoms with Gasteiger partial charge < -0.3 is 20.4 Å². The van der Waals surface area contributed by atoms with Gasteiger partial charge in [0.1, 0.15) is 5.76 Å². The molecule has 1 saturated heterocycles. The Morgan fingerprint density at radius 3 is 2.44 bits per heavy atom. The number of carbonyl (C=O) groups excluding carboxylic acids is 2. The molecule has 0 unspecified atom stereocenters. The number of rotatable bonds is 5. The monoisotopic (exact) mass is 378 g/mol. The maximum Gasteiger partial charge on any atom is 0.317 e. The Morgan fingerprint density at radius 2 is 1.96 bits per heavy atom. The Balaban J connectivity index is 2.20. The summed E-state index contributed by atoms with van der Waals surface area (Å²) in [5.74, 6) is 1.26. The Bertz CT molecular complexity index is 688. The van der Waals surface area contributed by atoms with Crippen molar-refractivity contribution in [3.05, 3.63) is 23.2 Å². The molecule has 2 atom stereocenters. The van der Waals surface area contributed by atoms with Gasteiger partial charge in [0.05, 0.1) is 0 Å². The molecular weight excluding hydrogens is 344 g/mol. The molecule has 152 valence electrons. The van der Waals surface area contributed by atoms with Gasteiger partial charge in [-0.3, -0.25) is 9.69 Å². The van der Waals surface area contributed by atoms with E-state index in [0.717, 1.165) is 24.4 Å². The number of likely N-dealkylation sites (tertiary alicyclic amines) is 1. The van der Waals surface area contributed by atoms with Crippen LogP contribution in [0.2, 0.25) is 0 Å². The molecule has 27 heavy (non-hydrogen) atoms. The number of amides is 3. The molecule has 2 rings (SSSR count). The van der Waals surface area contributed by atoms with Gasteiger partial charge in [-0.2, -0.15) is 0 Å². The standard InChI is InChI=1S/C20H34N4O3/c1-12(2)14-10-24(11-15(14)22-19(26)23(6)7)9-13-8-16(18(21)25)27-17(13)20(3,4)5/h8,12,14-15H,9-11H2,1-7H3,(H2,21,25)(H,22,26)/t14-,15+/m0/s1. The molecule has 0 spiro atoms. The van der Waals surface area contributed by atoms with Gasteiger partial charge >= 0.3 is 6.03 Å². The van der Waals surface area contributed by atoms with Crippen molar-refractivity contribution < 1.29 is 14.0 Å². The highest BCUT2D eigenvalue weighted by Crippen LogP contribution is 2.32. The van der Waals surface area contributed by atoms with E-state index < -0.39 is 5.91 Å². The van der Waals surface area contributed by atoms with Gasteiger partial charge in [-0.25, -0.2) is 4.79 Å². The number of furan rings is 1. The third-order valence-corrected chi connectivity index (χ3v) is 5.14. The lowest BCUT2D eigenvalue weighted by Crippen LogP contribution is -2.46. The number of primary amides is 1. The van der Waals surface area contributed by atoms with E-state index in [9.17, 15) is 9.59 Å². The summed E-state index contributed by atoms with van der Waals surface area (Å²) in [6.45, 7) is 12.9. The van der Waals surface area contributed by atoms with E-state index in [1.807, 2.05) is 0 Å². The van der Waals surface area contributed by atoms with Gasteiger partial charge in [0.25, 0.3) is 5.91 Å². The molecule has 1 fully saturated rings. The average Bonchev–Trinajstić information content (AvgIpc) is 3.11. The maximum absolute atomic E-state index is 12.1. The fourth-order valence-electron chi connectivity index (χ4n) is 3.70. The summed E-state index contributed by atoms with van der Waals surface area (Å²) in [5.41, 5.74) is 6.18. The molecule has 0 saturated carbocycles. The summed E-state index contributed by atoms with van der Waals surface area (Å²) in [6.07, 6.45) is 0. The zero-order valence-electron chi connectivity index (χ0n) is 17.6. The molecule has 1 aromatic heterocycles. The first-order chi connectivity index (χ1) is 12.4. The zero-order chi connectivity index (χ0) is 20.5. The van der Waals surface area contributed by atoms with Gasteiger partial charge in [-0.05, 0) is 17.9 Å². The fourth-order valence-corrected chi connectivity index (χ4v) is 3.70. The number of nitrogens with two attached hydrogens (primary N) is 1. The van der Waals surface area contributed by atoms with Crippen LogP contribution in [0.5, 0.6) is 0 Å². The SMILES string of the molecule is CC(C)[C@@H]1CN(Cc2cc(C(N)=O)oc2C(C)(C)C)C[C@H]1NC(=O)N(C)C. The number of carbonyl (C=O) groups is 2. The zero-order valence-corrected chi connectivity index (χ0v) is 17.6. The third-order valence-electron chi connectivity index (χ3n) is 5.14. The molecule has 7 heteroatoms.